The van der Waals surface area contributed by atoms with Crippen LogP contribution in [0.5, 0.6) is 0 Å². The lowest BCUT2D eigenvalue weighted by Crippen LogP contribution is -2.44. The first-order chi connectivity index (χ1) is 9.58. The van der Waals surface area contributed by atoms with Crippen molar-refractivity contribution in [2.75, 3.05) is 5.32 Å². The molecule has 1 aliphatic rings. The average molecular weight is 342 g/mol. The second kappa shape index (κ2) is 5.99. The van der Waals surface area contributed by atoms with E-state index in [9.17, 15) is 0 Å². The maximum absolute atomic E-state index is 6.56. The predicted octanol–water partition coefficient (Wildman–Crippen LogP) is 5.42. The maximum Gasteiger partial charge on any atom is 0.192 e. The fourth-order valence-electron chi connectivity index (χ4n) is 2.26. The van der Waals surface area contributed by atoms with Crippen LogP contribution >= 0.6 is 23.8 Å². The highest BCUT2D eigenvalue weighted by Gasteiger charge is 2.39. The minimum atomic E-state index is -1.80. The van der Waals surface area contributed by atoms with Gasteiger partial charge in [-0.2, -0.15) is 0 Å². The van der Waals surface area contributed by atoms with Gasteiger partial charge >= 0.3 is 0 Å². The van der Waals surface area contributed by atoms with Gasteiger partial charge in [0.05, 0.1) is 11.1 Å². The molecular weight excluding hydrogens is 318 g/mol. The van der Waals surface area contributed by atoms with E-state index >= 15 is 0 Å². The van der Waals surface area contributed by atoms with Crippen LogP contribution in [0.4, 0.5) is 5.69 Å². The molecule has 1 atom stereocenters. The number of rotatable bonds is 2. The molecule has 0 bridgehead atoms. The van der Waals surface area contributed by atoms with E-state index < -0.39 is 8.32 Å². The molecule has 0 aliphatic carbocycles. The van der Waals surface area contributed by atoms with Crippen molar-refractivity contribution in [1.82, 2.24) is 0 Å². The largest absolute Gasteiger partial charge is 0.413 e. The smallest absolute Gasteiger partial charge is 0.192 e. The average Bonchev–Trinajstić information content (AvgIpc) is 2.44. The van der Waals surface area contributed by atoms with E-state index in [4.69, 9.17) is 28.2 Å². The molecule has 1 aromatic carbocycles. The van der Waals surface area contributed by atoms with Gasteiger partial charge in [0, 0.05) is 17.1 Å². The lowest BCUT2D eigenvalue weighted by molar-refractivity contribution is 0.189. The molecule has 2 rings (SSSR count). The van der Waals surface area contributed by atoms with Crippen LogP contribution in [0.15, 0.2) is 18.2 Å². The van der Waals surface area contributed by atoms with Crippen molar-refractivity contribution in [2.45, 2.75) is 57.8 Å². The molecular formula is C16H24ClNOSSi. The van der Waals surface area contributed by atoms with Gasteiger partial charge in [-0.15, -0.1) is 0 Å². The fraction of sp³-hybridized carbons (Fsp3) is 0.562. The third-order valence-corrected chi connectivity index (χ3v) is 9.51. The third kappa shape index (κ3) is 4.06. The molecule has 116 valence electrons. The summed E-state index contributed by atoms with van der Waals surface area (Å²) < 4.78 is 6.56. The second-order valence-corrected chi connectivity index (χ2v) is 12.9. The molecule has 0 radical (unpaired) electrons. The van der Waals surface area contributed by atoms with Gasteiger partial charge in [-0.3, -0.25) is 0 Å². The molecule has 1 unspecified atom stereocenters. The lowest BCUT2D eigenvalue weighted by atomic mass is 10.1. The van der Waals surface area contributed by atoms with Gasteiger partial charge < -0.3 is 9.74 Å². The zero-order chi connectivity index (χ0) is 15.8. The molecule has 1 N–H and O–H groups in total. The number of halogens is 1. The Balaban J connectivity index is 2.24. The molecule has 5 heteroatoms. The Hall–Kier alpha value is -0.423. The molecule has 0 saturated heterocycles. The summed E-state index contributed by atoms with van der Waals surface area (Å²) >= 11 is 11.6. The molecule has 0 aromatic heterocycles. The Morgan fingerprint density at radius 1 is 1.29 bits per heavy atom. The molecule has 1 aliphatic heterocycles. The summed E-state index contributed by atoms with van der Waals surface area (Å²) in [4.78, 5) is 0.847. The lowest BCUT2D eigenvalue weighted by Gasteiger charge is -2.39. The van der Waals surface area contributed by atoms with E-state index in [-0.39, 0.29) is 11.1 Å². The Labute approximate surface area is 139 Å². The zero-order valence-corrected chi connectivity index (χ0v) is 16.0. The molecule has 1 aromatic rings. The van der Waals surface area contributed by atoms with E-state index in [2.05, 4.69) is 39.2 Å². The molecule has 21 heavy (non-hydrogen) atoms. The van der Waals surface area contributed by atoms with E-state index in [1.807, 2.05) is 18.2 Å². The van der Waals surface area contributed by atoms with Crippen LogP contribution in [0, 0.1) is 0 Å². The van der Waals surface area contributed by atoms with Crippen LogP contribution < -0.4 is 5.32 Å². The number of thiocarbonyl (C=S) groups is 1. The van der Waals surface area contributed by atoms with Gasteiger partial charge in [0.2, 0.25) is 0 Å². The summed E-state index contributed by atoms with van der Waals surface area (Å²) in [7, 11) is -1.80. The SMILES string of the molecule is CC(C)(C)[Si](C)(C)OC1CC(=S)Nc2ccc(Cl)cc2C1. The maximum atomic E-state index is 6.56. The first kappa shape index (κ1) is 16.9. The summed E-state index contributed by atoms with van der Waals surface area (Å²) in [6.45, 7) is 11.4. The number of nitrogens with one attached hydrogen (secondary N) is 1. The second-order valence-electron chi connectivity index (χ2n) is 7.26. The third-order valence-electron chi connectivity index (χ3n) is 4.47. The van der Waals surface area contributed by atoms with Crippen molar-refractivity contribution in [3.8, 4) is 0 Å². The van der Waals surface area contributed by atoms with Gasteiger partial charge in [-0.25, -0.2) is 0 Å². The quantitative estimate of drug-likeness (QED) is 0.573. The number of benzene rings is 1. The number of anilines is 1. The Morgan fingerprint density at radius 2 is 1.95 bits per heavy atom. The van der Waals surface area contributed by atoms with E-state index in [0.29, 0.717) is 0 Å². The summed E-state index contributed by atoms with van der Waals surface area (Å²) in [5, 5.41) is 4.27. The monoisotopic (exact) mass is 341 g/mol. The number of hydrogen-bond donors (Lipinski definition) is 1. The molecule has 0 saturated carbocycles. The van der Waals surface area contributed by atoms with Crippen LogP contribution in [-0.2, 0) is 10.8 Å². The normalized spacial score (nSPS) is 19.7. The van der Waals surface area contributed by atoms with Gasteiger partial charge in [0.25, 0.3) is 0 Å². The van der Waals surface area contributed by atoms with E-state index in [1.54, 1.807) is 0 Å². The van der Waals surface area contributed by atoms with Crippen molar-refractivity contribution in [3.05, 3.63) is 28.8 Å². The summed E-state index contributed by atoms with van der Waals surface area (Å²) in [5.41, 5.74) is 2.25. The highest BCUT2D eigenvalue weighted by molar-refractivity contribution is 7.80. The minimum absolute atomic E-state index is 0.130. The van der Waals surface area contributed by atoms with E-state index in [0.717, 1.165) is 28.5 Å². The van der Waals surface area contributed by atoms with Crippen molar-refractivity contribution in [2.24, 2.45) is 0 Å². The summed E-state index contributed by atoms with van der Waals surface area (Å²) in [5.74, 6) is 0. The molecule has 0 fully saturated rings. The first-order valence-electron chi connectivity index (χ1n) is 7.34. The molecule has 0 amide bonds. The van der Waals surface area contributed by atoms with E-state index in [1.165, 1.54) is 5.56 Å². The van der Waals surface area contributed by atoms with Gasteiger partial charge in [0.15, 0.2) is 8.32 Å². The first-order valence-corrected chi connectivity index (χ1v) is 11.0. The van der Waals surface area contributed by atoms with Gasteiger partial charge in [0.1, 0.15) is 0 Å². The van der Waals surface area contributed by atoms with Crippen molar-refractivity contribution < 1.29 is 4.43 Å². The van der Waals surface area contributed by atoms with Crippen LogP contribution in [0.25, 0.3) is 0 Å². The standard InChI is InChI=1S/C16H24ClNOSSi/c1-16(2,3)21(4,5)19-13-9-11-8-12(17)6-7-14(11)18-15(20)10-13/h6-8,13H,9-10H2,1-5H3,(H,18,20). The summed E-state index contributed by atoms with van der Waals surface area (Å²) in [6, 6.07) is 5.91. The molecule has 0 spiro atoms. The zero-order valence-electron chi connectivity index (χ0n) is 13.4. The Kier molecular flexibility index (Phi) is 4.83. The summed E-state index contributed by atoms with van der Waals surface area (Å²) in [6.07, 6.45) is 1.76. The fourth-order valence-corrected chi connectivity index (χ4v) is 4.10. The van der Waals surface area contributed by atoms with Crippen molar-refractivity contribution in [3.63, 3.8) is 0 Å². The highest BCUT2D eigenvalue weighted by Crippen LogP contribution is 2.39. The van der Waals surface area contributed by atoms with Crippen molar-refractivity contribution >= 4 is 42.8 Å². The van der Waals surface area contributed by atoms with Crippen LogP contribution in [-0.4, -0.2) is 19.4 Å². The van der Waals surface area contributed by atoms with Crippen molar-refractivity contribution in [1.29, 1.82) is 0 Å². The van der Waals surface area contributed by atoms with Crippen LogP contribution in [0.3, 0.4) is 0 Å². The molecule has 2 nitrogen and oxygen atoms in total. The Bertz CT molecular complexity index is 554. The topological polar surface area (TPSA) is 21.3 Å². The highest BCUT2D eigenvalue weighted by atomic mass is 35.5. The van der Waals surface area contributed by atoms with Crippen LogP contribution in [0.1, 0.15) is 32.8 Å². The van der Waals surface area contributed by atoms with Crippen LogP contribution in [0.2, 0.25) is 23.2 Å². The predicted molar refractivity (Wildman–Crippen MR) is 98.1 cm³/mol. The number of fused-ring (bicyclic) bond motifs is 1. The van der Waals surface area contributed by atoms with Gasteiger partial charge in [-0.1, -0.05) is 44.6 Å². The number of hydrogen-bond acceptors (Lipinski definition) is 2. The molecule has 1 heterocycles. The Morgan fingerprint density at radius 3 is 2.57 bits per heavy atom. The van der Waals surface area contributed by atoms with Gasteiger partial charge in [-0.05, 0) is 48.3 Å². The minimum Gasteiger partial charge on any atom is -0.413 e.